The molecule has 4 nitrogen and oxygen atoms in total. The second-order valence-electron chi connectivity index (χ2n) is 4.99. The van der Waals surface area contributed by atoms with Crippen molar-refractivity contribution >= 4 is 26.0 Å². The van der Waals surface area contributed by atoms with Crippen LogP contribution in [0.15, 0.2) is 27.6 Å². The monoisotopic (exact) mass is 347 g/mol. The van der Waals surface area contributed by atoms with Crippen LogP contribution >= 0.6 is 15.9 Å². The third-order valence-electron chi connectivity index (χ3n) is 3.49. The topological polar surface area (TPSA) is 66.4 Å². The number of nitrogens with one attached hydrogen (secondary N) is 1. The van der Waals surface area contributed by atoms with Gasteiger partial charge in [-0.25, -0.2) is 13.1 Å². The second-order valence-corrected chi connectivity index (χ2v) is 7.56. The average Bonchev–Trinajstić information content (AvgIpc) is 2.35. The standard InChI is InChI=1S/C13H18BrNO3S/c1-9-6-7-10(8-11(9)14)19(17,18)15-12-4-2-3-5-13(12)16/h6-8,12-13,15-16H,2-5H2,1H3. The van der Waals surface area contributed by atoms with Crippen LogP contribution in [0.4, 0.5) is 0 Å². The van der Waals surface area contributed by atoms with Crippen LogP contribution in [0, 0.1) is 6.92 Å². The summed E-state index contributed by atoms with van der Waals surface area (Å²) in [5.74, 6) is 0. The molecule has 1 fully saturated rings. The molecule has 0 saturated heterocycles. The first-order chi connectivity index (χ1) is 8.90. The molecule has 0 radical (unpaired) electrons. The summed E-state index contributed by atoms with van der Waals surface area (Å²) in [6.07, 6.45) is 2.66. The Labute approximate surface area is 122 Å². The number of aryl methyl sites for hydroxylation is 1. The Balaban J connectivity index is 2.19. The molecular formula is C13H18BrNO3S. The molecule has 0 aliphatic heterocycles. The van der Waals surface area contributed by atoms with E-state index in [9.17, 15) is 13.5 Å². The molecule has 1 saturated carbocycles. The quantitative estimate of drug-likeness (QED) is 0.881. The second kappa shape index (κ2) is 5.91. The smallest absolute Gasteiger partial charge is 0.240 e. The van der Waals surface area contributed by atoms with Gasteiger partial charge in [0.05, 0.1) is 11.0 Å². The normalized spacial score (nSPS) is 24.4. The van der Waals surface area contributed by atoms with E-state index in [1.54, 1.807) is 18.2 Å². The van der Waals surface area contributed by atoms with E-state index < -0.39 is 16.1 Å². The third kappa shape index (κ3) is 3.56. The van der Waals surface area contributed by atoms with Crippen LogP contribution in [0.3, 0.4) is 0 Å². The molecule has 0 amide bonds. The molecule has 1 aromatic rings. The van der Waals surface area contributed by atoms with Gasteiger partial charge in [0.1, 0.15) is 0 Å². The van der Waals surface area contributed by atoms with Crippen molar-refractivity contribution in [3.8, 4) is 0 Å². The van der Waals surface area contributed by atoms with Crippen molar-refractivity contribution in [2.75, 3.05) is 0 Å². The van der Waals surface area contributed by atoms with Crippen LogP contribution in [0.2, 0.25) is 0 Å². The minimum Gasteiger partial charge on any atom is -0.391 e. The minimum absolute atomic E-state index is 0.225. The van der Waals surface area contributed by atoms with Gasteiger partial charge >= 0.3 is 0 Å². The van der Waals surface area contributed by atoms with Gasteiger partial charge in [-0.3, -0.25) is 0 Å². The van der Waals surface area contributed by atoms with Crippen LogP contribution in [0.1, 0.15) is 31.2 Å². The van der Waals surface area contributed by atoms with Crippen molar-refractivity contribution in [2.45, 2.75) is 49.6 Å². The van der Waals surface area contributed by atoms with Crippen LogP contribution in [-0.4, -0.2) is 25.7 Å². The number of rotatable bonds is 3. The van der Waals surface area contributed by atoms with Gasteiger partial charge in [-0.05, 0) is 37.5 Å². The third-order valence-corrected chi connectivity index (χ3v) is 5.83. The summed E-state index contributed by atoms with van der Waals surface area (Å²) < 4.78 is 27.9. The molecule has 1 aliphatic rings. The molecule has 19 heavy (non-hydrogen) atoms. The molecule has 2 unspecified atom stereocenters. The maximum absolute atomic E-state index is 12.3. The van der Waals surface area contributed by atoms with E-state index in [0.29, 0.717) is 12.8 Å². The molecule has 0 aromatic heterocycles. The number of hydrogen-bond donors (Lipinski definition) is 2. The van der Waals surface area contributed by atoms with Gasteiger partial charge < -0.3 is 5.11 Å². The Bertz CT molecular complexity index is 559. The lowest BCUT2D eigenvalue weighted by atomic mass is 9.93. The molecule has 6 heteroatoms. The fourth-order valence-electron chi connectivity index (χ4n) is 2.26. The Kier molecular flexibility index (Phi) is 4.66. The fourth-order valence-corrected chi connectivity index (χ4v) is 4.12. The highest BCUT2D eigenvalue weighted by atomic mass is 79.9. The lowest BCUT2D eigenvalue weighted by Gasteiger charge is -2.28. The van der Waals surface area contributed by atoms with Gasteiger partial charge in [0.25, 0.3) is 0 Å². The summed E-state index contributed by atoms with van der Waals surface area (Å²) in [6, 6.07) is 4.55. The zero-order valence-electron chi connectivity index (χ0n) is 10.8. The highest BCUT2D eigenvalue weighted by Crippen LogP contribution is 2.23. The van der Waals surface area contributed by atoms with E-state index in [1.807, 2.05) is 6.92 Å². The predicted molar refractivity (Wildman–Crippen MR) is 77.5 cm³/mol. The van der Waals surface area contributed by atoms with Gasteiger partial charge in [-0.2, -0.15) is 0 Å². The van der Waals surface area contributed by atoms with Gasteiger partial charge in [0.2, 0.25) is 10.0 Å². The first-order valence-electron chi connectivity index (χ1n) is 6.37. The Morgan fingerprint density at radius 1 is 1.32 bits per heavy atom. The highest BCUT2D eigenvalue weighted by molar-refractivity contribution is 9.10. The van der Waals surface area contributed by atoms with Crippen molar-refractivity contribution in [3.05, 3.63) is 28.2 Å². The van der Waals surface area contributed by atoms with Crippen LogP contribution in [0.5, 0.6) is 0 Å². The Morgan fingerprint density at radius 2 is 2.00 bits per heavy atom. The fraction of sp³-hybridized carbons (Fsp3) is 0.538. The lowest BCUT2D eigenvalue weighted by molar-refractivity contribution is 0.101. The molecule has 2 N–H and O–H groups in total. The van der Waals surface area contributed by atoms with Crippen molar-refractivity contribution in [3.63, 3.8) is 0 Å². The molecule has 1 aliphatic carbocycles. The van der Waals surface area contributed by atoms with Crippen molar-refractivity contribution in [1.29, 1.82) is 0 Å². The molecular weight excluding hydrogens is 330 g/mol. The number of halogens is 1. The molecule has 0 spiro atoms. The van der Waals surface area contributed by atoms with Crippen LogP contribution < -0.4 is 4.72 Å². The predicted octanol–water partition coefficient (Wildman–Crippen LogP) is 2.34. The molecule has 0 heterocycles. The Morgan fingerprint density at radius 3 is 2.63 bits per heavy atom. The number of sulfonamides is 1. The van der Waals surface area contributed by atoms with Gasteiger partial charge in [-0.15, -0.1) is 0 Å². The zero-order chi connectivity index (χ0) is 14.0. The van der Waals surface area contributed by atoms with E-state index >= 15 is 0 Å². The van der Waals surface area contributed by atoms with Crippen LogP contribution in [0.25, 0.3) is 0 Å². The summed E-state index contributed by atoms with van der Waals surface area (Å²) in [4.78, 5) is 0.225. The van der Waals surface area contributed by atoms with E-state index in [4.69, 9.17) is 0 Å². The van der Waals surface area contributed by atoms with Gasteiger partial charge in [0, 0.05) is 10.5 Å². The van der Waals surface area contributed by atoms with E-state index in [-0.39, 0.29) is 10.9 Å². The minimum atomic E-state index is -3.57. The number of aliphatic hydroxyl groups is 1. The maximum Gasteiger partial charge on any atom is 0.240 e. The average molecular weight is 348 g/mol. The summed E-state index contributed by atoms with van der Waals surface area (Å²) in [7, 11) is -3.57. The maximum atomic E-state index is 12.3. The summed E-state index contributed by atoms with van der Waals surface area (Å²) >= 11 is 3.33. The lowest BCUT2D eigenvalue weighted by Crippen LogP contribution is -2.44. The summed E-state index contributed by atoms with van der Waals surface area (Å²) in [5, 5.41) is 9.84. The van der Waals surface area contributed by atoms with Gasteiger partial charge in [-0.1, -0.05) is 34.8 Å². The number of aliphatic hydroxyl groups excluding tert-OH is 1. The summed E-state index contributed by atoms with van der Waals surface area (Å²) in [6.45, 7) is 1.90. The highest BCUT2D eigenvalue weighted by Gasteiger charge is 2.28. The summed E-state index contributed by atoms with van der Waals surface area (Å²) in [5.41, 5.74) is 0.983. The van der Waals surface area contributed by atoms with Crippen molar-refractivity contribution in [1.82, 2.24) is 4.72 Å². The van der Waals surface area contributed by atoms with Crippen LogP contribution in [-0.2, 0) is 10.0 Å². The molecule has 106 valence electrons. The Hall–Kier alpha value is -0.430. The van der Waals surface area contributed by atoms with Gasteiger partial charge in [0.15, 0.2) is 0 Å². The largest absolute Gasteiger partial charge is 0.391 e. The first kappa shape index (κ1) is 15.0. The molecule has 2 rings (SSSR count). The molecule has 0 bridgehead atoms. The number of hydrogen-bond acceptors (Lipinski definition) is 3. The number of benzene rings is 1. The van der Waals surface area contributed by atoms with Crippen molar-refractivity contribution < 1.29 is 13.5 Å². The zero-order valence-corrected chi connectivity index (χ0v) is 13.2. The molecule has 2 atom stereocenters. The first-order valence-corrected chi connectivity index (χ1v) is 8.64. The molecule has 1 aromatic carbocycles. The van der Waals surface area contributed by atoms with E-state index in [1.165, 1.54) is 0 Å². The SMILES string of the molecule is Cc1ccc(S(=O)(=O)NC2CCCCC2O)cc1Br. The van der Waals surface area contributed by atoms with Crippen molar-refractivity contribution in [2.24, 2.45) is 0 Å². The van der Waals surface area contributed by atoms with E-state index in [0.717, 1.165) is 22.9 Å². The van der Waals surface area contributed by atoms with E-state index in [2.05, 4.69) is 20.7 Å².